The number of nitrogens with one attached hydrogen (secondary N) is 1. The zero-order valence-corrected chi connectivity index (χ0v) is 27.4. The van der Waals surface area contributed by atoms with E-state index in [2.05, 4.69) is 52.6 Å². The van der Waals surface area contributed by atoms with Crippen molar-refractivity contribution in [3.05, 3.63) is 23.8 Å². The molecular formula is C37H61NO3. The molecule has 4 rings (SSSR count). The van der Waals surface area contributed by atoms with Crippen LogP contribution in [0.3, 0.4) is 0 Å². The molecule has 232 valence electrons. The smallest absolute Gasteiger partial charge is 0.306 e. The maximum absolute atomic E-state index is 12.6. The van der Waals surface area contributed by atoms with Gasteiger partial charge in [0.15, 0.2) is 0 Å². The van der Waals surface area contributed by atoms with E-state index in [0.29, 0.717) is 29.4 Å². The number of carbonyl (C=O) groups excluding carboxylic acids is 2. The predicted molar refractivity (Wildman–Crippen MR) is 169 cm³/mol. The van der Waals surface area contributed by atoms with Crippen LogP contribution in [0.5, 0.6) is 0 Å². The Labute approximate surface area is 251 Å². The van der Waals surface area contributed by atoms with Gasteiger partial charge in [0.05, 0.1) is 0 Å². The van der Waals surface area contributed by atoms with Crippen molar-refractivity contribution in [2.45, 2.75) is 144 Å². The summed E-state index contributed by atoms with van der Waals surface area (Å²) in [5.74, 6) is 4.99. The van der Waals surface area contributed by atoms with Crippen molar-refractivity contribution >= 4 is 11.9 Å². The summed E-state index contributed by atoms with van der Waals surface area (Å²) in [6.45, 7) is 18.5. The first kappa shape index (κ1) is 32.3. The Kier molecular flexibility index (Phi) is 10.9. The minimum absolute atomic E-state index is 0.0460. The zero-order chi connectivity index (χ0) is 29.8. The van der Waals surface area contributed by atoms with E-state index in [0.717, 1.165) is 67.6 Å². The second kappa shape index (κ2) is 13.8. The molecule has 4 heteroatoms. The maximum Gasteiger partial charge on any atom is 0.306 e. The highest BCUT2D eigenvalue weighted by Gasteiger charge is 2.59. The molecule has 0 bridgehead atoms. The van der Waals surface area contributed by atoms with Gasteiger partial charge in [-0.15, -0.1) is 0 Å². The van der Waals surface area contributed by atoms with Crippen LogP contribution >= 0.6 is 0 Å². The van der Waals surface area contributed by atoms with Crippen LogP contribution in [0.2, 0.25) is 0 Å². The summed E-state index contributed by atoms with van der Waals surface area (Å²) in [6, 6.07) is 0. The van der Waals surface area contributed by atoms with Crippen molar-refractivity contribution in [1.82, 2.24) is 5.32 Å². The predicted octanol–water partition coefficient (Wildman–Crippen LogP) is 9.19. The number of hydrogen-bond acceptors (Lipinski definition) is 3. The van der Waals surface area contributed by atoms with Crippen molar-refractivity contribution < 1.29 is 14.3 Å². The van der Waals surface area contributed by atoms with Crippen LogP contribution in [-0.4, -0.2) is 24.5 Å². The van der Waals surface area contributed by atoms with Crippen LogP contribution in [0.25, 0.3) is 0 Å². The van der Waals surface area contributed by atoms with E-state index in [-0.39, 0.29) is 18.0 Å². The summed E-state index contributed by atoms with van der Waals surface area (Å²) in [7, 11) is 0. The third kappa shape index (κ3) is 7.32. The van der Waals surface area contributed by atoms with Gasteiger partial charge >= 0.3 is 5.97 Å². The molecule has 3 saturated carbocycles. The van der Waals surface area contributed by atoms with Crippen LogP contribution in [-0.2, 0) is 14.3 Å². The zero-order valence-electron chi connectivity index (χ0n) is 27.4. The van der Waals surface area contributed by atoms with Crippen LogP contribution in [0.15, 0.2) is 23.8 Å². The molecule has 0 saturated heterocycles. The Balaban J connectivity index is 1.26. The fourth-order valence-corrected chi connectivity index (χ4v) is 9.92. The number of allylic oxidation sites excluding steroid dienone is 1. The highest BCUT2D eigenvalue weighted by atomic mass is 16.5. The van der Waals surface area contributed by atoms with Crippen LogP contribution in [0.4, 0.5) is 0 Å². The number of amides is 1. The Morgan fingerprint density at radius 3 is 2.51 bits per heavy atom. The Morgan fingerprint density at radius 2 is 1.78 bits per heavy atom. The lowest BCUT2D eigenvalue weighted by Gasteiger charge is -2.58. The molecule has 4 unspecified atom stereocenters. The highest BCUT2D eigenvalue weighted by Crippen LogP contribution is 2.67. The molecule has 0 aliphatic heterocycles. The summed E-state index contributed by atoms with van der Waals surface area (Å²) in [5.41, 5.74) is 2.95. The van der Waals surface area contributed by atoms with E-state index in [1.807, 2.05) is 0 Å². The number of carbonyl (C=O) groups is 2. The number of unbranched alkanes of at least 4 members (excludes halogenated alkanes) is 2. The first-order valence-electron chi connectivity index (χ1n) is 17.3. The van der Waals surface area contributed by atoms with Gasteiger partial charge in [0.1, 0.15) is 6.10 Å². The molecule has 8 atom stereocenters. The van der Waals surface area contributed by atoms with E-state index in [1.165, 1.54) is 57.8 Å². The van der Waals surface area contributed by atoms with Gasteiger partial charge in [-0.05, 0) is 111 Å². The molecule has 0 aromatic rings. The summed E-state index contributed by atoms with van der Waals surface area (Å²) in [5, 5.41) is 2.86. The van der Waals surface area contributed by atoms with E-state index in [9.17, 15) is 9.59 Å². The maximum atomic E-state index is 12.6. The summed E-state index contributed by atoms with van der Waals surface area (Å²) in [6.07, 6.45) is 20.0. The number of fused-ring (bicyclic) bond motifs is 5. The fraction of sp³-hybridized carbons (Fsp3) is 0.838. The molecule has 0 heterocycles. The van der Waals surface area contributed by atoms with Gasteiger partial charge < -0.3 is 10.1 Å². The van der Waals surface area contributed by atoms with Gasteiger partial charge in [-0.1, -0.05) is 78.5 Å². The number of esters is 1. The van der Waals surface area contributed by atoms with E-state index in [1.54, 1.807) is 12.5 Å². The largest absolute Gasteiger partial charge is 0.462 e. The van der Waals surface area contributed by atoms with E-state index >= 15 is 0 Å². The SMILES string of the molecule is C=C(C)C(=O)NCCCCCC(=O)OC1CC[C@@]2(C)C(=CCC3C2CC[C@@]2(C)C3CC[C@@H]2[C@H](C)CCCC(C)C)C1. The van der Waals surface area contributed by atoms with Gasteiger partial charge in [-0.2, -0.15) is 0 Å². The molecule has 1 N–H and O–H groups in total. The molecule has 0 spiro atoms. The minimum atomic E-state index is -0.0890. The standard InChI is InChI=1S/C37H61NO3/c1-25(2)12-11-13-27(5)31-17-18-32-30-16-15-28-24-29(19-21-36(28,6)33(30)20-22-37(31,32)7)41-34(39)14-9-8-10-23-38-35(40)26(3)4/h15,25,27,29-33H,3,8-14,16-24H2,1-2,4-7H3,(H,38,40)/t27-,29?,30?,31-,32?,33?,36+,37-/m1/s1. The molecule has 0 aromatic carbocycles. The monoisotopic (exact) mass is 567 g/mol. The Hall–Kier alpha value is -1.58. The number of rotatable bonds is 13. The second-order valence-electron chi connectivity index (χ2n) is 15.5. The topological polar surface area (TPSA) is 55.4 Å². The minimum Gasteiger partial charge on any atom is -0.462 e. The summed E-state index contributed by atoms with van der Waals surface area (Å²) in [4.78, 5) is 24.2. The molecule has 0 radical (unpaired) electrons. The second-order valence-corrected chi connectivity index (χ2v) is 15.5. The van der Waals surface area contributed by atoms with Crippen LogP contribution < -0.4 is 5.32 Å². The Morgan fingerprint density at radius 1 is 1.00 bits per heavy atom. The average molecular weight is 568 g/mol. The molecule has 3 fully saturated rings. The van der Waals surface area contributed by atoms with Gasteiger partial charge in [-0.3, -0.25) is 9.59 Å². The van der Waals surface area contributed by atoms with Crippen LogP contribution in [0.1, 0.15) is 138 Å². The van der Waals surface area contributed by atoms with Crippen molar-refractivity contribution in [2.24, 2.45) is 46.3 Å². The first-order chi connectivity index (χ1) is 19.5. The van der Waals surface area contributed by atoms with E-state index in [4.69, 9.17) is 4.74 Å². The molecule has 4 aliphatic rings. The molecule has 4 aliphatic carbocycles. The van der Waals surface area contributed by atoms with Gasteiger partial charge in [0, 0.05) is 25.0 Å². The first-order valence-corrected chi connectivity index (χ1v) is 17.3. The number of hydrogen-bond donors (Lipinski definition) is 1. The van der Waals surface area contributed by atoms with Gasteiger partial charge in [-0.25, -0.2) is 0 Å². The molecular weight excluding hydrogens is 506 g/mol. The highest BCUT2D eigenvalue weighted by molar-refractivity contribution is 5.92. The fourth-order valence-electron chi connectivity index (χ4n) is 9.92. The lowest BCUT2D eigenvalue weighted by molar-refractivity contribution is -0.151. The normalized spacial score (nSPS) is 35.1. The lowest BCUT2D eigenvalue weighted by Crippen LogP contribution is -2.51. The Bertz CT molecular complexity index is 967. The lowest BCUT2D eigenvalue weighted by atomic mass is 9.47. The van der Waals surface area contributed by atoms with Crippen LogP contribution in [0, 0.1) is 46.3 Å². The van der Waals surface area contributed by atoms with Gasteiger partial charge in [0.25, 0.3) is 0 Å². The van der Waals surface area contributed by atoms with Crippen molar-refractivity contribution in [3.8, 4) is 0 Å². The quantitative estimate of drug-likeness (QED) is 0.104. The van der Waals surface area contributed by atoms with Crippen molar-refractivity contribution in [2.75, 3.05) is 6.54 Å². The molecule has 0 aromatic heterocycles. The van der Waals surface area contributed by atoms with Crippen molar-refractivity contribution in [3.63, 3.8) is 0 Å². The summed E-state index contributed by atoms with van der Waals surface area (Å²) >= 11 is 0. The third-order valence-corrected chi connectivity index (χ3v) is 12.3. The van der Waals surface area contributed by atoms with Crippen molar-refractivity contribution in [1.29, 1.82) is 0 Å². The third-order valence-electron chi connectivity index (χ3n) is 12.3. The van der Waals surface area contributed by atoms with E-state index < -0.39 is 0 Å². The molecule has 1 amide bonds. The molecule has 4 nitrogen and oxygen atoms in total. The number of ether oxygens (including phenoxy) is 1. The summed E-state index contributed by atoms with van der Waals surface area (Å²) < 4.78 is 6.01. The van der Waals surface area contributed by atoms with Gasteiger partial charge in [0.2, 0.25) is 5.91 Å². The average Bonchev–Trinajstić information content (AvgIpc) is 3.27. The molecule has 41 heavy (non-hydrogen) atoms.